The van der Waals surface area contributed by atoms with Gasteiger partial charge in [0.15, 0.2) is 11.9 Å². The van der Waals surface area contributed by atoms with E-state index in [4.69, 9.17) is 9.47 Å². The maximum atomic E-state index is 11.8. The van der Waals surface area contributed by atoms with Gasteiger partial charge in [-0.3, -0.25) is 9.80 Å². The van der Waals surface area contributed by atoms with E-state index in [1.807, 2.05) is 54.6 Å². The third kappa shape index (κ3) is 5.97. The van der Waals surface area contributed by atoms with Gasteiger partial charge in [-0.15, -0.1) is 0 Å². The number of ether oxygens (including phenoxy) is 2. The van der Waals surface area contributed by atoms with Crippen LogP contribution in [0.5, 0.6) is 5.75 Å². The number of unbranched alkanes of at least 4 members (excludes halogenated alkanes) is 1. The van der Waals surface area contributed by atoms with Gasteiger partial charge in [-0.25, -0.2) is 4.79 Å². The molecule has 30 heavy (non-hydrogen) atoms. The molecule has 2 aliphatic rings. The number of hydrogen-bond acceptors (Lipinski definition) is 6. The van der Waals surface area contributed by atoms with Crippen molar-refractivity contribution < 1.29 is 24.2 Å². The van der Waals surface area contributed by atoms with Crippen LogP contribution < -0.4 is 10.2 Å². The molecule has 0 saturated heterocycles. The third-order valence-corrected chi connectivity index (χ3v) is 4.92. The Labute approximate surface area is 176 Å². The normalized spacial score (nSPS) is 16.3. The van der Waals surface area contributed by atoms with Crippen LogP contribution in [0.25, 0.3) is 0 Å². The number of fused-ring (bicyclic) bond motifs is 1. The first kappa shape index (κ1) is 21.6. The lowest BCUT2D eigenvalue weighted by Gasteiger charge is -2.27. The predicted molar refractivity (Wildman–Crippen MR) is 113 cm³/mol. The Bertz CT molecular complexity index is 842. The molecule has 0 saturated carbocycles. The zero-order valence-corrected chi connectivity index (χ0v) is 17.2. The van der Waals surface area contributed by atoms with Gasteiger partial charge in [-0.1, -0.05) is 37.6 Å². The van der Waals surface area contributed by atoms with Gasteiger partial charge in [0.05, 0.1) is 6.54 Å². The molecule has 0 amide bonds. The summed E-state index contributed by atoms with van der Waals surface area (Å²) < 4.78 is 11.3. The molecule has 3 rings (SSSR count). The number of aliphatic carboxylic acids is 1. The van der Waals surface area contributed by atoms with Gasteiger partial charge in [-0.2, -0.15) is 0 Å². The summed E-state index contributed by atoms with van der Waals surface area (Å²) in [6.07, 6.45) is 9.22. The number of ketones is 1. The Morgan fingerprint density at radius 1 is 1.27 bits per heavy atom. The Morgan fingerprint density at radius 3 is 2.80 bits per heavy atom. The molecule has 160 valence electrons. The molecule has 0 radical (unpaired) electrons. The number of nitrogens with one attached hydrogen (secondary N) is 1. The highest BCUT2D eigenvalue weighted by molar-refractivity contribution is 6.02. The van der Waals surface area contributed by atoms with E-state index < -0.39 is 12.1 Å². The van der Waals surface area contributed by atoms with Crippen LogP contribution in [-0.4, -0.2) is 47.7 Å². The van der Waals surface area contributed by atoms with Crippen molar-refractivity contribution in [1.82, 2.24) is 10.4 Å². The molecule has 1 unspecified atom stereocenters. The number of rotatable bonds is 11. The maximum Gasteiger partial charge on any atom is 0.333 e. The standard InChI is InChI=1S/C23H28N2O5/c1-2-3-12-30-22(23(27)28)14-17-7-9-19(10-8-17)29-13-11-25-16-18-5-4-6-21(26)20(18)15-24-25/h4-5,7-10,15-16,22,24H,2-3,6,11-14H2,1H3,(H,27,28). The number of nitrogens with zero attached hydrogens (tertiary/aromatic N) is 1. The number of allylic oxidation sites excluding steroid dienone is 4. The number of carbonyl (C=O) groups is 2. The molecule has 0 aromatic heterocycles. The first-order valence-corrected chi connectivity index (χ1v) is 10.3. The number of carbonyl (C=O) groups excluding carboxylic acids is 1. The quantitative estimate of drug-likeness (QED) is 0.540. The lowest BCUT2D eigenvalue weighted by molar-refractivity contribution is -0.150. The summed E-state index contributed by atoms with van der Waals surface area (Å²) in [6.45, 7) is 3.55. The van der Waals surface area contributed by atoms with E-state index in [9.17, 15) is 14.7 Å². The average molecular weight is 412 g/mol. The smallest absolute Gasteiger partial charge is 0.333 e. The fourth-order valence-electron chi connectivity index (χ4n) is 3.20. The number of carboxylic acid groups (broad SMARTS) is 1. The maximum absolute atomic E-state index is 11.8. The van der Waals surface area contributed by atoms with Crippen LogP contribution in [0.15, 0.2) is 60.0 Å². The summed E-state index contributed by atoms with van der Waals surface area (Å²) in [7, 11) is 0. The van der Waals surface area contributed by atoms with Crippen LogP contribution in [0.4, 0.5) is 0 Å². The third-order valence-electron chi connectivity index (χ3n) is 4.92. The van der Waals surface area contributed by atoms with Gasteiger partial charge in [0.2, 0.25) is 0 Å². The van der Waals surface area contributed by atoms with E-state index in [0.717, 1.165) is 24.0 Å². The van der Waals surface area contributed by atoms with Gasteiger partial charge >= 0.3 is 5.97 Å². The van der Waals surface area contributed by atoms with Crippen molar-refractivity contribution in [2.45, 2.75) is 38.7 Å². The Hall–Kier alpha value is -3.06. The summed E-state index contributed by atoms with van der Waals surface area (Å²) in [5, 5.41) is 11.2. The van der Waals surface area contributed by atoms with Crippen molar-refractivity contribution >= 4 is 11.8 Å². The van der Waals surface area contributed by atoms with Crippen molar-refractivity contribution in [3.8, 4) is 5.75 Å². The molecule has 1 aromatic carbocycles. The van der Waals surface area contributed by atoms with Crippen molar-refractivity contribution in [1.29, 1.82) is 0 Å². The van der Waals surface area contributed by atoms with Crippen LogP contribution in [0.1, 0.15) is 31.7 Å². The Morgan fingerprint density at radius 2 is 2.07 bits per heavy atom. The fourth-order valence-corrected chi connectivity index (χ4v) is 3.20. The number of hydrogen-bond donors (Lipinski definition) is 2. The molecule has 1 aliphatic heterocycles. The highest BCUT2D eigenvalue weighted by atomic mass is 16.5. The molecule has 1 heterocycles. The van der Waals surface area contributed by atoms with Gasteiger partial charge in [0.25, 0.3) is 0 Å². The van der Waals surface area contributed by atoms with Crippen molar-refractivity contribution in [3.63, 3.8) is 0 Å². The Balaban J connectivity index is 1.45. The van der Waals surface area contributed by atoms with Crippen molar-refractivity contribution in [2.75, 3.05) is 19.8 Å². The lowest BCUT2D eigenvalue weighted by Crippen LogP contribution is -2.37. The molecule has 1 aliphatic carbocycles. The summed E-state index contributed by atoms with van der Waals surface area (Å²) in [5.41, 5.74) is 5.59. The molecule has 0 fully saturated rings. The van der Waals surface area contributed by atoms with E-state index in [1.54, 1.807) is 6.20 Å². The van der Waals surface area contributed by atoms with E-state index in [-0.39, 0.29) is 5.78 Å². The molecular weight excluding hydrogens is 384 g/mol. The largest absolute Gasteiger partial charge is 0.492 e. The lowest BCUT2D eigenvalue weighted by atomic mass is 9.95. The summed E-state index contributed by atoms with van der Waals surface area (Å²) in [5.74, 6) is -0.111. The molecule has 0 bridgehead atoms. The minimum Gasteiger partial charge on any atom is -0.492 e. The van der Waals surface area contributed by atoms with Crippen LogP contribution >= 0.6 is 0 Å². The highest BCUT2D eigenvalue weighted by Gasteiger charge is 2.20. The second-order valence-corrected chi connectivity index (χ2v) is 7.24. The molecular formula is C23H28N2O5. The average Bonchev–Trinajstić information content (AvgIpc) is 2.74. The van der Waals surface area contributed by atoms with Crippen LogP contribution in [-0.2, 0) is 20.7 Å². The number of Topliss-reactive ketones (excluding diaryl/α,β-unsaturated/α-hetero) is 1. The van der Waals surface area contributed by atoms with Gasteiger partial charge in [-0.05, 0) is 24.1 Å². The van der Waals surface area contributed by atoms with Crippen LogP contribution in [0, 0.1) is 0 Å². The minimum atomic E-state index is -0.943. The summed E-state index contributed by atoms with van der Waals surface area (Å²) >= 11 is 0. The van der Waals surface area contributed by atoms with Crippen LogP contribution in [0.3, 0.4) is 0 Å². The molecule has 7 nitrogen and oxygen atoms in total. The zero-order valence-electron chi connectivity index (χ0n) is 17.2. The van der Waals surface area contributed by atoms with Crippen LogP contribution in [0.2, 0.25) is 0 Å². The minimum absolute atomic E-state index is 0.119. The molecule has 1 aromatic rings. The topological polar surface area (TPSA) is 88.1 Å². The van der Waals surface area contributed by atoms with Gasteiger partial charge in [0.1, 0.15) is 12.4 Å². The molecule has 7 heteroatoms. The second kappa shape index (κ2) is 10.6. The first-order chi connectivity index (χ1) is 14.6. The fraction of sp³-hybridized carbons (Fsp3) is 0.391. The van der Waals surface area contributed by atoms with Crippen molar-refractivity contribution in [3.05, 3.63) is 65.5 Å². The SMILES string of the molecule is CCCCOC(Cc1ccc(OCCN2C=C3C=CCC(=O)C3=CN2)cc1)C(=O)O. The zero-order chi connectivity index (χ0) is 21.3. The molecule has 1 atom stereocenters. The molecule has 2 N–H and O–H groups in total. The monoisotopic (exact) mass is 412 g/mol. The number of hydrazine groups is 1. The summed E-state index contributed by atoms with van der Waals surface area (Å²) in [4.78, 5) is 23.2. The van der Waals surface area contributed by atoms with E-state index in [2.05, 4.69) is 5.43 Å². The van der Waals surface area contributed by atoms with Gasteiger partial charge in [0, 0.05) is 43.0 Å². The first-order valence-electron chi connectivity index (χ1n) is 10.3. The summed E-state index contributed by atoms with van der Waals surface area (Å²) in [6, 6.07) is 7.40. The number of carboxylic acids is 1. The molecule has 0 spiro atoms. The second-order valence-electron chi connectivity index (χ2n) is 7.24. The van der Waals surface area contributed by atoms with Crippen molar-refractivity contribution in [2.24, 2.45) is 0 Å². The van der Waals surface area contributed by atoms with E-state index >= 15 is 0 Å². The van der Waals surface area contributed by atoms with E-state index in [0.29, 0.717) is 43.9 Å². The highest BCUT2D eigenvalue weighted by Crippen LogP contribution is 2.22. The Kier molecular flexibility index (Phi) is 7.68. The van der Waals surface area contributed by atoms with E-state index in [1.165, 1.54) is 0 Å². The predicted octanol–water partition coefficient (Wildman–Crippen LogP) is 2.99. The van der Waals surface area contributed by atoms with Gasteiger partial charge < -0.3 is 20.0 Å². The number of benzene rings is 1.